The standard InChI is InChI=1S/C15H18N2.C2H4/c1-3-4-10-16-11-9-13-12-17(2)15-8-6-5-7-14(13)15;1-2/h3-8,10,12H,9,11H2,1-2H3;1-2H2/b4-3-,16-10?;. The molecule has 0 atom stereocenters. The van der Waals surface area contributed by atoms with E-state index in [4.69, 9.17) is 0 Å². The van der Waals surface area contributed by atoms with Crippen LogP contribution in [-0.2, 0) is 13.5 Å². The van der Waals surface area contributed by atoms with Crippen molar-refractivity contribution in [1.29, 1.82) is 0 Å². The van der Waals surface area contributed by atoms with E-state index in [-0.39, 0.29) is 0 Å². The molecule has 0 N–H and O–H groups in total. The van der Waals surface area contributed by atoms with Gasteiger partial charge < -0.3 is 4.57 Å². The lowest BCUT2D eigenvalue weighted by atomic mass is 10.1. The first kappa shape index (κ1) is 15.0. The van der Waals surface area contributed by atoms with E-state index >= 15 is 0 Å². The molecule has 0 aliphatic carbocycles. The summed E-state index contributed by atoms with van der Waals surface area (Å²) in [5, 5.41) is 1.34. The van der Waals surface area contributed by atoms with Crippen molar-refractivity contribution in [2.24, 2.45) is 12.0 Å². The van der Waals surface area contributed by atoms with E-state index in [0.717, 1.165) is 13.0 Å². The second-order valence-electron chi connectivity index (χ2n) is 4.11. The van der Waals surface area contributed by atoms with Crippen LogP contribution >= 0.6 is 0 Å². The van der Waals surface area contributed by atoms with Gasteiger partial charge in [-0.3, -0.25) is 4.99 Å². The summed E-state index contributed by atoms with van der Waals surface area (Å²) in [5.41, 5.74) is 2.67. The van der Waals surface area contributed by atoms with E-state index in [1.165, 1.54) is 16.5 Å². The van der Waals surface area contributed by atoms with Crippen molar-refractivity contribution in [2.45, 2.75) is 13.3 Å². The molecule has 0 amide bonds. The van der Waals surface area contributed by atoms with Gasteiger partial charge in [-0.1, -0.05) is 24.3 Å². The van der Waals surface area contributed by atoms with Crippen LogP contribution < -0.4 is 0 Å². The molecule has 2 nitrogen and oxygen atoms in total. The summed E-state index contributed by atoms with van der Waals surface area (Å²) in [4.78, 5) is 4.35. The molecule has 100 valence electrons. The highest BCUT2D eigenvalue weighted by atomic mass is 14.9. The van der Waals surface area contributed by atoms with Crippen LogP contribution in [0.5, 0.6) is 0 Å². The van der Waals surface area contributed by atoms with Crippen LogP contribution in [0.4, 0.5) is 0 Å². The molecule has 0 spiro atoms. The molecular weight excluding hydrogens is 232 g/mol. The van der Waals surface area contributed by atoms with Crippen LogP contribution in [0.25, 0.3) is 10.9 Å². The van der Waals surface area contributed by atoms with E-state index in [1.54, 1.807) is 0 Å². The molecule has 2 aromatic rings. The van der Waals surface area contributed by atoms with Crippen LogP contribution in [-0.4, -0.2) is 17.3 Å². The molecule has 0 bridgehead atoms. The third-order valence-electron chi connectivity index (χ3n) is 2.87. The smallest absolute Gasteiger partial charge is 0.0480 e. The van der Waals surface area contributed by atoms with Crippen LogP contribution in [0.3, 0.4) is 0 Å². The number of allylic oxidation sites excluding steroid dienone is 2. The van der Waals surface area contributed by atoms with Gasteiger partial charge in [0.1, 0.15) is 0 Å². The van der Waals surface area contributed by atoms with E-state index in [1.807, 2.05) is 25.3 Å². The van der Waals surface area contributed by atoms with Gasteiger partial charge in [0.15, 0.2) is 0 Å². The second-order valence-corrected chi connectivity index (χ2v) is 4.11. The van der Waals surface area contributed by atoms with Gasteiger partial charge in [0.05, 0.1) is 0 Å². The third-order valence-corrected chi connectivity index (χ3v) is 2.87. The topological polar surface area (TPSA) is 17.3 Å². The molecular formula is C17H22N2. The third kappa shape index (κ3) is 3.95. The van der Waals surface area contributed by atoms with Crippen molar-refractivity contribution in [2.75, 3.05) is 6.54 Å². The maximum atomic E-state index is 4.35. The fourth-order valence-electron chi connectivity index (χ4n) is 2.03. The summed E-state index contributed by atoms with van der Waals surface area (Å²) in [7, 11) is 2.09. The lowest BCUT2D eigenvalue weighted by Crippen LogP contribution is -1.88. The molecule has 2 rings (SSSR count). The largest absolute Gasteiger partial charge is 0.350 e. The second kappa shape index (κ2) is 8.09. The number of aromatic nitrogens is 1. The summed E-state index contributed by atoms with van der Waals surface area (Å²) in [6, 6.07) is 8.51. The van der Waals surface area contributed by atoms with Gasteiger partial charge in [0.25, 0.3) is 0 Å². The highest BCUT2D eigenvalue weighted by molar-refractivity contribution is 5.83. The minimum absolute atomic E-state index is 0.846. The first-order valence-corrected chi connectivity index (χ1v) is 6.47. The van der Waals surface area contributed by atoms with Gasteiger partial charge in [-0.15, -0.1) is 13.2 Å². The average molecular weight is 254 g/mol. The quantitative estimate of drug-likeness (QED) is 0.575. The Bertz CT molecular complexity index is 562. The Labute approximate surface area is 115 Å². The number of nitrogens with zero attached hydrogens (tertiary/aromatic N) is 2. The summed E-state index contributed by atoms with van der Waals surface area (Å²) < 4.78 is 2.18. The van der Waals surface area contributed by atoms with E-state index in [9.17, 15) is 0 Å². The number of benzene rings is 1. The van der Waals surface area contributed by atoms with E-state index in [2.05, 4.69) is 60.2 Å². The number of hydrogen-bond donors (Lipinski definition) is 0. The SMILES string of the molecule is C/C=C\C=NCCc1cn(C)c2ccccc12.C=C. The highest BCUT2D eigenvalue weighted by Gasteiger charge is 2.04. The van der Waals surface area contributed by atoms with Gasteiger partial charge in [-0.25, -0.2) is 0 Å². The van der Waals surface area contributed by atoms with Gasteiger partial charge >= 0.3 is 0 Å². The summed E-state index contributed by atoms with van der Waals surface area (Å²) >= 11 is 0. The maximum absolute atomic E-state index is 4.35. The van der Waals surface area contributed by atoms with Crippen molar-refractivity contribution in [3.05, 3.63) is 61.3 Å². The number of aliphatic imine (C=N–C) groups is 1. The Balaban J connectivity index is 0.000000861. The monoisotopic (exact) mass is 254 g/mol. The Morgan fingerprint density at radius 3 is 2.74 bits per heavy atom. The summed E-state index contributed by atoms with van der Waals surface area (Å²) in [6.07, 6.45) is 9.01. The van der Waals surface area contributed by atoms with Gasteiger partial charge in [-0.2, -0.15) is 0 Å². The van der Waals surface area contributed by atoms with Gasteiger partial charge in [0.2, 0.25) is 0 Å². The van der Waals surface area contributed by atoms with Crippen LogP contribution in [0.1, 0.15) is 12.5 Å². The first-order valence-electron chi connectivity index (χ1n) is 6.47. The molecule has 1 heterocycles. The number of hydrogen-bond acceptors (Lipinski definition) is 1. The maximum Gasteiger partial charge on any atom is 0.0480 e. The predicted molar refractivity (Wildman–Crippen MR) is 86.1 cm³/mol. The van der Waals surface area contributed by atoms with Crippen LogP contribution in [0.2, 0.25) is 0 Å². The minimum atomic E-state index is 0.846. The average Bonchev–Trinajstić information content (AvgIpc) is 2.78. The molecule has 0 aliphatic heterocycles. The molecule has 1 aromatic carbocycles. The van der Waals surface area contributed by atoms with Crippen LogP contribution in [0, 0.1) is 0 Å². The number of fused-ring (bicyclic) bond motifs is 1. The van der Waals surface area contributed by atoms with Crippen molar-refractivity contribution in [3.63, 3.8) is 0 Å². The minimum Gasteiger partial charge on any atom is -0.350 e. The van der Waals surface area contributed by atoms with E-state index < -0.39 is 0 Å². The molecule has 0 radical (unpaired) electrons. The van der Waals surface area contributed by atoms with Crippen molar-refractivity contribution >= 4 is 17.1 Å². The van der Waals surface area contributed by atoms with Crippen molar-refractivity contribution < 1.29 is 0 Å². The normalized spacial score (nSPS) is 11.1. The van der Waals surface area contributed by atoms with Crippen LogP contribution in [0.15, 0.2) is 60.8 Å². The zero-order valence-electron chi connectivity index (χ0n) is 11.8. The molecule has 0 saturated heterocycles. The zero-order chi connectivity index (χ0) is 14.1. The Morgan fingerprint density at radius 2 is 2.00 bits per heavy atom. The fourth-order valence-corrected chi connectivity index (χ4v) is 2.03. The van der Waals surface area contributed by atoms with Gasteiger partial charge in [0, 0.05) is 36.9 Å². The van der Waals surface area contributed by atoms with Crippen molar-refractivity contribution in [1.82, 2.24) is 4.57 Å². The summed E-state index contributed by atoms with van der Waals surface area (Å²) in [5.74, 6) is 0. The zero-order valence-corrected chi connectivity index (χ0v) is 11.8. The highest BCUT2D eigenvalue weighted by Crippen LogP contribution is 2.20. The Hall–Kier alpha value is -2.09. The molecule has 0 aliphatic rings. The lowest BCUT2D eigenvalue weighted by Gasteiger charge is -1.95. The number of rotatable bonds is 4. The molecule has 1 aromatic heterocycles. The van der Waals surface area contributed by atoms with E-state index in [0.29, 0.717) is 0 Å². The molecule has 19 heavy (non-hydrogen) atoms. The number of aryl methyl sites for hydroxylation is 1. The summed E-state index contributed by atoms with van der Waals surface area (Å²) in [6.45, 7) is 8.84. The predicted octanol–water partition coefficient (Wildman–Crippen LogP) is 4.17. The molecule has 0 unspecified atom stereocenters. The molecule has 0 saturated carbocycles. The van der Waals surface area contributed by atoms with Gasteiger partial charge in [-0.05, 0) is 31.1 Å². The Kier molecular flexibility index (Phi) is 6.37. The first-order chi connectivity index (χ1) is 9.33. The molecule has 2 heteroatoms. The Morgan fingerprint density at radius 1 is 1.26 bits per heavy atom. The van der Waals surface area contributed by atoms with Crippen molar-refractivity contribution in [3.8, 4) is 0 Å². The molecule has 0 fully saturated rings. The number of para-hydroxylation sites is 1. The lowest BCUT2D eigenvalue weighted by molar-refractivity contribution is 0.931. The fraction of sp³-hybridized carbons (Fsp3) is 0.235.